The maximum absolute atomic E-state index is 13.4. The van der Waals surface area contributed by atoms with E-state index in [1.807, 2.05) is 30.9 Å². The normalized spacial score (nSPS) is 11.4. The van der Waals surface area contributed by atoms with Crippen molar-refractivity contribution in [2.75, 3.05) is 32.1 Å². The molecule has 0 spiro atoms. The molecule has 0 bridgehead atoms. The van der Waals surface area contributed by atoms with Gasteiger partial charge in [0, 0.05) is 5.56 Å². The Morgan fingerprint density at radius 1 is 1.07 bits per heavy atom. The van der Waals surface area contributed by atoms with Crippen LogP contribution >= 0.6 is 11.3 Å². The molecule has 0 unspecified atom stereocenters. The summed E-state index contributed by atoms with van der Waals surface area (Å²) in [6.07, 6.45) is 0. The molecule has 3 aromatic rings. The number of nitrogens with zero attached hydrogens (tertiary/aromatic N) is 2. The standard InChI is InChI=1S/C22H27N3OS/c1-14-7-9-18(16(3)13-14)21(26)25(12-11-24(5)6)22-23-20-17(4)15(2)8-10-19(20)27-22/h7-10,13H,11-12H2,1-6H3/p+1. The molecule has 1 amide bonds. The lowest BCUT2D eigenvalue weighted by atomic mass is 10.0. The van der Waals surface area contributed by atoms with E-state index in [9.17, 15) is 4.79 Å². The maximum Gasteiger partial charge on any atom is 0.260 e. The van der Waals surface area contributed by atoms with Crippen molar-refractivity contribution in [3.63, 3.8) is 0 Å². The fraction of sp³-hybridized carbons (Fsp3) is 0.364. The quantitative estimate of drug-likeness (QED) is 0.735. The van der Waals surface area contributed by atoms with Gasteiger partial charge in [0.2, 0.25) is 0 Å². The van der Waals surface area contributed by atoms with Gasteiger partial charge in [-0.25, -0.2) is 4.98 Å². The number of carbonyl (C=O) groups excluding carboxylic acids is 1. The summed E-state index contributed by atoms with van der Waals surface area (Å²) in [7, 11) is 4.21. The second kappa shape index (κ2) is 7.79. The summed E-state index contributed by atoms with van der Waals surface area (Å²) in [6.45, 7) is 9.76. The Labute approximate surface area is 165 Å². The molecule has 1 N–H and O–H groups in total. The maximum atomic E-state index is 13.4. The first-order valence-corrected chi connectivity index (χ1v) is 10.1. The zero-order chi connectivity index (χ0) is 19.7. The number of quaternary nitrogens is 1. The van der Waals surface area contributed by atoms with Crippen LogP contribution in [0, 0.1) is 27.7 Å². The molecule has 3 rings (SSSR count). The Morgan fingerprint density at radius 3 is 2.48 bits per heavy atom. The van der Waals surface area contributed by atoms with Crippen LogP contribution in [0.3, 0.4) is 0 Å². The highest BCUT2D eigenvalue weighted by atomic mass is 32.1. The number of rotatable bonds is 5. The van der Waals surface area contributed by atoms with Crippen LogP contribution < -0.4 is 9.80 Å². The van der Waals surface area contributed by atoms with Crippen LogP contribution in [0.25, 0.3) is 10.2 Å². The number of aromatic nitrogens is 1. The molecule has 0 aliphatic heterocycles. The third-order valence-corrected chi connectivity index (χ3v) is 6.04. The second-order valence-electron chi connectivity index (χ2n) is 7.58. The highest BCUT2D eigenvalue weighted by Gasteiger charge is 2.24. The molecule has 0 aliphatic carbocycles. The molecule has 27 heavy (non-hydrogen) atoms. The lowest BCUT2D eigenvalue weighted by Gasteiger charge is -2.21. The number of fused-ring (bicyclic) bond motifs is 1. The Bertz CT molecular complexity index is 991. The minimum absolute atomic E-state index is 0.0298. The van der Waals surface area contributed by atoms with Crippen molar-refractivity contribution in [2.24, 2.45) is 0 Å². The van der Waals surface area contributed by atoms with Gasteiger partial charge in [0.15, 0.2) is 5.13 Å². The van der Waals surface area contributed by atoms with Gasteiger partial charge in [0.05, 0.1) is 37.4 Å². The van der Waals surface area contributed by atoms with E-state index in [-0.39, 0.29) is 5.91 Å². The Balaban J connectivity index is 2.05. The number of hydrogen-bond donors (Lipinski definition) is 1. The van der Waals surface area contributed by atoms with E-state index in [2.05, 4.69) is 46.1 Å². The first kappa shape index (κ1) is 19.5. The van der Waals surface area contributed by atoms with E-state index in [1.165, 1.54) is 21.6 Å². The fourth-order valence-electron chi connectivity index (χ4n) is 3.15. The molecule has 0 aliphatic rings. The topological polar surface area (TPSA) is 37.6 Å². The molecule has 2 aromatic carbocycles. The fourth-order valence-corrected chi connectivity index (χ4v) is 4.20. The Kier molecular flexibility index (Phi) is 5.63. The van der Waals surface area contributed by atoms with Crippen molar-refractivity contribution in [3.8, 4) is 0 Å². The zero-order valence-electron chi connectivity index (χ0n) is 17.0. The van der Waals surface area contributed by atoms with Crippen LogP contribution in [0.4, 0.5) is 5.13 Å². The molecule has 0 saturated carbocycles. The first-order valence-electron chi connectivity index (χ1n) is 9.33. The predicted molar refractivity (Wildman–Crippen MR) is 114 cm³/mol. The minimum Gasteiger partial charge on any atom is -0.338 e. The van der Waals surface area contributed by atoms with E-state index in [4.69, 9.17) is 4.98 Å². The largest absolute Gasteiger partial charge is 0.338 e. The van der Waals surface area contributed by atoms with Gasteiger partial charge in [0.1, 0.15) is 0 Å². The van der Waals surface area contributed by atoms with Gasteiger partial charge in [-0.15, -0.1) is 0 Å². The van der Waals surface area contributed by atoms with E-state index in [0.29, 0.717) is 6.54 Å². The monoisotopic (exact) mass is 382 g/mol. The molecule has 1 aromatic heterocycles. The third-order valence-electron chi connectivity index (χ3n) is 5.00. The Hall–Kier alpha value is -2.24. The van der Waals surface area contributed by atoms with Crippen molar-refractivity contribution < 1.29 is 9.69 Å². The molecule has 0 fully saturated rings. The summed E-state index contributed by atoms with van der Waals surface area (Å²) in [5, 5.41) is 0.782. The van der Waals surface area contributed by atoms with Crippen LogP contribution in [0.2, 0.25) is 0 Å². The van der Waals surface area contributed by atoms with Gasteiger partial charge in [-0.2, -0.15) is 0 Å². The number of hydrogen-bond acceptors (Lipinski definition) is 3. The van der Waals surface area contributed by atoms with E-state index < -0.39 is 0 Å². The molecular weight excluding hydrogens is 354 g/mol. The van der Waals surface area contributed by atoms with E-state index in [0.717, 1.165) is 33.0 Å². The average Bonchev–Trinajstić information content (AvgIpc) is 3.02. The second-order valence-corrected chi connectivity index (χ2v) is 8.59. The highest BCUT2D eigenvalue weighted by Crippen LogP contribution is 2.32. The van der Waals surface area contributed by atoms with Crippen molar-refractivity contribution in [1.82, 2.24) is 4.98 Å². The number of thiazole rings is 1. The predicted octanol–water partition coefficient (Wildman–Crippen LogP) is 3.32. The van der Waals surface area contributed by atoms with Crippen molar-refractivity contribution >= 4 is 32.6 Å². The molecule has 0 radical (unpaired) electrons. The SMILES string of the molecule is Cc1ccc(C(=O)N(CC[NH+](C)C)c2nc3c(C)c(C)ccc3s2)c(C)c1. The van der Waals surface area contributed by atoms with Gasteiger partial charge in [-0.3, -0.25) is 9.69 Å². The number of anilines is 1. The number of amides is 1. The lowest BCUT2D eigenvalue weighted by Crippen LogP contribution is -3.06. The van der Waals surface area contributed by atoms with Gasteiger partial charge in [0.25, 0.3) is 5.91 Å². The summed E-state index contributed by atoms with van der Waals surface area (Å²) in [5.74, 6) is 0.0298. The van der Waals surface area contributed by atoms with Gasteiger partial charge >= 0.3 is 0 Å². The molecule has 142 valence electrons. The van der Waals surface area contributed by atoms with Gasteiger partial charge < -0.3 is 4.90 Å². The number of carbonyl (C=O) groups is 1. The van der Waals surface area contributed by atoms with Crippen molar-refractivity contribution in [1.29, 1.82) is 0 Å². The molecule has 0 saturated heterocycles. The molecule has 1 heterocycles. The average molecular weight is 383 g/mol. The van der Waals surface area contributed by atoms with Crippen molar-refractivity contribution in [3.05, 3.63) is 58.1 Å². The van der Waals surface area contributed by atoms with Crippen LogP contribution in [0.5, 0.6) is 0 Å². The molecule has 5 heteroatoms. The van der Waals surface area contributed by atoms with Crippen LogP contribution in [-0.2, 0) is 0 Å². The lowest BCUT2D eigenvalue weighted by molar-refractivity contribution is -0.856. The third kappa shape index (κ3) is 4.04. The van der Waals surface area contributed by atoms with Gasteiger partial charge in [-0.1, -0.05) is 35.1 Å². The minimum atomic E-state index is 0.0298. The molecule has 4 nitrogen and oxygen atoms in total. The summed E-state index contributed by atoms with van der Waals surface area (Å²) in [5.41, 5.74) is 6.35. The summed E-state index contributed by atoms with van der Waals surface area (Å²) in [6, 6.07) is 10.2. The number of likely N-dealkylation sites (N-methyl/N-ethyl adjacent to an activating group) is 1. The van der Waals surface area contributed by atoms with Crippen molar-refractivity contribution in [2.45, 2.75) is 27.7 Å². The highest BCUT2D eigenvalue weighted by molar-refractivity contribution is 7.22. The van der Waals surface area contributed by atoms with Gasteiger partial charge in [-0.05, 0) is 56.5 Å². The van der Waals surface area contributed by atoms with Crippen LogP contribution in [0.1, 0.15) is 32.6 Å². The first-order chi connectivity index (χ1) is 12.8. The summed E-state index contributed by atoms with van der Waals surface area (Å²) in [4.78, 5) is 21.4. The zero-order valence-corrected chi connectivity index (χ0v) is 17.8. The Morgan fingerprint density at radius 2 is 1.81 bits per heavy atom. The summed E-state index contributed by atoms with van der Waals surface area (Å²) < 4.78 is 1.13. The molecule has 0 atom stereocenters. The smallest absolute Gasteiger partial charge is 0.260 e. The number of nitrogens with one attached hydrogen (secondary N) is 1. The summed E-state index contributed by atoms with van der Waals surface area (Å²) >= 11 is 1.60. The van der Waals surface area contributed by atoms with Crippen LogP contribution in [0.15, 0.2) is 30.3 Å². The van der Waals surface area contributed by atoms with Crippen LogP contribution in [-0.4, -0.2) is 38.1 Å². The molecular formula is C22H28N3OS+. The van der Waals surface area contributed by atoms with E-state index in [1.54, 1.807) is 11.3 Å². The number of benzene rings is 2. The number of aryl methyl sites for hydroxylation is 4. The van der Waals surface area contributed by atoms with E-state index >= 15 is 0 Å².